The summed E-state index contributed by atoms with van der Waals surface area (Å²) in [6.45, 7) is 6.58. The van der Waals surface area contributed by atoms with Gasteiger partial charge >= 0.3 is 0 Å². The molecule has 0 amide bonds. The van der Waals surface area contributed by atoms with E-state index in [4.69, 9.17) is 0 Å². The lowest BCUT2D eigenvalue weighted by Crippen LogP contribution is -2.47. The van der Waals surface area contributed by atoms with Gasteiger partial charge in [0, 0.05) is 38.4 Å². The first-order chi connectivity index (χ1) is 9.84. The first-order valence-electron chi connectivity index (χ1n) is 7.29. The Morgan fingerprint density at radius 2 is 1.60 bits per heavy atom. The maximum absolute atomic E-state index is 4.44. The van der Waals surface area contributed by atoms with Crippen LogP contribution in [0.5, 0.6) is 0 Å². The number of anilines is 1. The number of rotatable bonds is 3. The number of benzene rings is 1. The van der Waals surface area contributed by atoms with Crippen LogP contribution in [-0.4, -0.2) is 36.1 Å². The maximum atomic E-state index is 4.44. The molecule has 0 bridgehead atoms. The van der Waals surface area contributed by atoms with Crippen LogP contribution in [0.15, 0.2) is 54.7 Å². The number of pyridine rings is 1. The SMILES string of the molecule is CC(c1ccccc1)N1CCN(c2ccccn2)CC1. The second-order valence-corrected chi connectivity index (χ2v) is 5.30. The molecule has 3 nitrogen and oxygen atoms in total. The van der Waals surface area contributed by atoms with Crippen LogP contribution < -0.4 is 4.90 Å². The topological polar surface area (TPSA) is 19.4 Å². The molecule has 0 spiro atoms. The van der Waals surface area contributed by atoms with Crippen molar-refractivity contribution in [2.75, 3.05) is 31.1 Å². The van der Waals surface area contributed by atoms with Crippen LogP contribution in [0.2, 0.25) is 0 Å². The minimum atomic E-state index is 0.488. The third kappa shape index (κ3) is 2.83. The van der Waals surface area contributed by atoms with E-state index in [1.807, 2.05) is 12.3 Å². The minimum absolute atomic E-state index is 0.488. The van der Waals surface area contributed by atoms with Crippen molar-refractivity contribution < 1.29 is 0 Å². The normalized spacial score (nSPS) is 17.9. The van der Waals surface area contributed by atoms with E-state index in [0.29, 0.717) is 6.04 Å². The molecule has 1 saturated heterocycles. The zero-order chi connectivity index (χ0) is 13.8. The summed E-state index contributed by atoms with van der Waals surface area (Å²) in [4.78, 5) is 9.36. The summed E-state index contributed by atoms with van der Waals surface area (Å²) in [5, 5.41) is 0. The van der Waals surface area contributed by atoms with E-state index in [1.165, 1.54) is 5.56 Å². The zero-order valence-electron chi connectivity index (χ0n) is 11.9. The van der Waals surface area contributed by atoms with Gasteiger partial charge in [-0.15, -0.1) is 0 Å². The van der Waals surface area contributed by atoms with E-state index < -0.39 is 0 Å². The monoisotopic (exact) mass is 267 g/mol. The molecule has 1 aliphatic rings. The third-order valence-electron chi connectivity index (χ3n) is 4.12. The number of nitrogens with zero attached hydrogens (tertiary/aromatic N) is 3. The van der Waals surface area contributed by atoms with Gasteiger partial charge in [-0.05, 0) is 24.6 Å². The molecule has 3 heteroatoms. The van der Waals surface area contributed by atoms with E-state index in [0.717, 1.165) is 32.0 Å². The number of aromatic nitrogens is 1. The Bertz CT molecular complexity index is 518. The van der Waals surface area contributed by atoms with Crippen LogP contribution >= 0.6 is 0 Å². The van der Waals surface area contributed by atoms with E-state index in [9.17, 15) is 0 Å². The van der Waals surface area contributed by atoms with Crippen LogP contribution in [0.25, 0.3) is 0 Å². The fourth-order valence-corrected chi connectivity index (χ4v) is 2.82. The van der Waals surface area contributed by atoms with Crippen molar-refractivity contribution in [1.29, 1.82) is 0 Å². The highest BCUT2D eigenvalue weighted by atomic mass is 15.3. The average Bonchev–Trinajstić information content (AvgIpc) is 2.56. The summed E-state index contributed by atoms with van der Waals surface area (Å²) in [5.41, 5.74) is 1.40. The van der Waals surface area contributed by atoms with Gasteiger partial charge in [-0.1, -0.05) is 36.4 Å². The molecule has 1 atom stereocenters. The molecular formula is C17H21N3. The van der Waals surface area contributed by atoms with Crippen LogP contribution in [0, 0.1) is 0 Å². The molecule has 1 unspecified atom stereocenters. The predicted molar refractivity (Wildman–Crippen MR) is 82.9 cm³/mol. The quantitative estimate of drug-likeness (QED) is 0.852. The Labute approximate surface area is 120 Å². The Morgan fingerprint density at radius 3 is 2.25 bits per heavy atom. The van der Waals surface area contributed by atoms with Crippen molar-refractivity contribution in [3.63, 3.8) is 0 Å². The molecule has 1 aromatic carbocycles. The summed E-state index contributed by atoms with van der Waals surface area (Å²) in [6, 6.07) is 17.4. The Hall–Kier alpha value is -1.87. The largest absolute Gasteiger partial charge is 0.354 e. The fraction of sp³-hybridized carbons (Fsp3) is 0.353. The summed E-state index contributed by atoms with van der Waals surface area (Å²) in [5.74, 6) is 1.10. The van der Waals surface area contributed by atoms with Gasteiger partial charge in [-0.3, -0.25) is 4.90 Å². The van der Waals surface area contributed by atoms with Crippen molar-refractivity contribution in [3.8, 4) is 0 Å². The van der Waals surface area contributed by atoms with Gasteiger partial charge in [-0.25, -0.2) is 4.98 Å². The van der Waals surface area contributed by atoms with Gasteiger partial charge < -0.3 is 4.90 Å². The number of piperazine rings is 1. The van der Waals surface area contributed by atoms with E-state index >= 15 is 0 Å². The maximum Gasteiger partial charge on any atom is 0.128 e. The Morgan fingerprint density at radius 1 is 0.900 bits per heavy atom. The van der Waals surface area contributed by atoms with E-state index in [2.05, 4.69) is 64.2 Å². The summed E-state index contributed by atoms with van der Waals surface area (Å²) < 4.78 is 0. The highest BCUT2D eigenvalue weighted by Crippen LogP contribution is 2.22. The lowest BCUT2D eigenvalue weighted by molar-refractivity contribution is 0.198. The van der Waals surface area contributed by atoms with Crippen molar-refractivity contribution >= 4 is 5.82 Å². The second kappa shape index (κ2) is 6.06. The van der Waals surface area contributed by atoms with Crippen molar-refractivity contribution in [2.24, 2.45) is 0 Å². The first kappa shape index (κ1) is 13.1. The van der Waals surface area contributed by atoms with Gasteiger partial charge in [0.25, 0.3) is 0 Å². The highest BCUT2D eigenvalue weighted by Gasteiger charge is 2.22. The predicted octanol–water partition coefficient (Wildman–Crippen LogP) is 2.96. The second-order valence-electron chi connectivity index (χ2n) is 5.30. The highest BCUT2D eigenvalue weighted by molar-refractivity contribution is 5.38. The minimum Gasteiger partial charge on any atom is -0.354 e. The van der Waals surface area contributed by atoms with Crippen LogP contribution in [0.4, 0.5) is 5.82 Å². The van der Waals surface area contributed by atoms with Gasteiger partial charge in [0.15, 0.2) is 0 Å². The molecule has 0 aliphatic carbocycles. The Balaban J connectivity index is 1.61. The summed E-state index contributed by atoms with van der Waals surface area (Å²) in [6.07, 6.45) is 1.87. The molecular weight excluding hydrogens is 246 g/mol. The molecule has 1 aromatic heterocycles. The molecule has 3 rings (SSSR count). The molecule has 20 heavy (non-hydrogen) atoms. The van der Waals surface area contributed by atoms with Crippen LogP contribution in [0.3, 0.4) is 0 Å². The zero-order valence-corrected chi connectivity index (χ0v) is 11.9. The molecule has 2 heterocycles. The summed E-state index contributed by atoms with van der Waals surface area (Å²) in [7, 11) is 0. The van der Waals surface area contributed by atoms with Gasteiger partial charge in [-0.2, -0.15) is 0 Å². The van der Waals surface area contributed by atoms with Crippen molar-refractivity contribution in [3.05, 3.63) is 60.3 Å². The summed E-state index contributed by atoms with van der Waals surface area (Å²) >= 11 is 0. The molecule has 0 radical (unpaired) electrons. The van der Waals surface area contributed by atoms with Crippen LogP contribution in [0.1, 0.15) is 18.5 Å². The standard InChI is InChI=1S/C17H21N3/c1-15(16-7-3-2-4-8-16)19-11-13-20(14-12-19)17-9-5-6-10-18-17/h2-10,15H,11-14H2,1H3. The van der Waals surface area contributed by atoms with Crippen molar-refractivity contribution in [2.45, 2.75) is 13.0 Å². The average molecular weight is 267 g/mol. The molecule has 0 saturated carbocycles. The lowest BCUT2D eigenvalue weighted by Gasteiger charge is -2.38. The lowest BCUT2D eigenvalue weighted by atomic mass is 10.1. The molecule has 104 valence electrons. The molecule has 2 aromatic rings. The number of hydrogen-bond donors (Lipinski definition) is 0. The van der Waals surface area contributed by atoms with Crippen molar-refractivity contribution in [1.82, 2.24) is 9.88 Å². The smallest absolute Gasteiger partial charge is 0.128 e. The first-order valence-corrected chi connectivity index (χ1v) is 7.29. The van der Waals surface area contributed by atoms with Gasteiger partial charge in [0.2, 0.25) is 0 Å². The van der Waals surface area contributed by atoms with Gasteiger partial charge in [0.1, 0.15) is 5.82 Å². The molecule has 1 aliphatic heterocycles. The fourth-order valence-electron chi connectivity index (χ4n) is 2.82. The third-order valence-corrected chi connectivity index (χ3v) is 4.12. The van der Waals surface area contributed by atoms with Crippen LogP contribution in [-0.2, 0) is 0 Å². The van der Waals surface area contributed by atoms with E-state index in [-0.39, 0.29) is 0 Å². The molecule has 1 fully saturated rings. The Kier molecular flexibility index (Phi) is 3.97. The van der Waals surface area contributed by atoms with Gasteiger partial charge in [0.05, 0.1) is 0 Å². The molecule has 0 N–H and O–H groups in total. The van der Waals surface area contributed by atoms with E-state index in [1.54, 1.807) is 0 Å². The number of hydrogen-bond acceptors (Lipinski definition) is 3.